The Labute approximate surface area is 155 Å². The van der Waals surface area contributed by atoms with E-state index < -0.39 is 0 Å². The fourth-order valence-corrected chi connectivity index (χ4v) is 3.11. The highest BCUT2D eigenvalue weighted by Crippen LogP contribution is 2.20. The second-order valence-electron chi connectivity index (χ2n) is 6.59. The van der Waals surface area contributed by atoms with Crippen molar-refractivity contribution in [2.75, 3.05) is 36.4 Å². The van der Waals surface area contributed by atoms with Gasteiger partial charge in [-0.15, -0.1) is 0 Å². The molecule has 0 spiro atoms. The highest BCUT2D eigenvalue weighted by atomic mass is 16.1. The average molecular weight is 353 g/mol. The number of amides is 1. The van der Waals surface area contributed by atoms with Gasteiger partial charge < -0.3 is 15.5 Å². The summed E-state index contributed by atoms with van der Waals surface area (Å²) in [5.41, 5.74) is 1.92. The summed E-state index contributed by atoms with van der Waals surface area (Å²) in [6.45, 7) is 7.29. The Morgan fingerprint density at radius 2 is 1.85 bits per heavy atom. The molecule has 6 nitrogen and oxygen atoms in total. The minimum Gasteiger partial charge on any atom is -0.368 e. The van der Waals surface area contributed by atoms with Crippen LogP contribution in [0.15, 0.2) is 30.3 Å². The summed E-state index contributed by atoms with van der Waals surface area (Å²) >= 11 is 0. The number of aromatic nitrogens is 2. The molecule has 1 aliphatic heterocycles. The van der Waals surface area contributed by atoms with Crippen LogP contribution in [-0.4, -0.2) is 42.1 Å². The molecular formula is C20H27N5O. The number of carbonyl (C=O) groups is 1. The number of hydrogen-bond donors (Lipinski definition) is 2. The molecule has 1 aliphatic rings. The van der Waals surface area contributed by atoms with E-state index in [1.165, 1.54) is 18.4 Å². The van der Waals surface area contributed by atoms with Gasteiger partial charge >= 0.3 is 0 Å². The van der Waals surface area contributed by atoms with Crippen LogP contribution in [0.25, 0.3) is 0 Å². The molecule has 1 saturated heterocycles. The van der Waals surface area contributed by atoms with Gasteiger partial charge in [-0.05, 0) is 43.9 Å². The van der Waals surface area contributed by atoms with Crippen molar-refractivity contribution in [3.63, 3.8) is 0 Å². The highest BCUT2D eigenvalue weighted by Gasteiger charge is 2.15. The topological polar surface area (TPSA) is 70.2 Å². The lowest BCUT2D eigenvalue weighted by Gasteiger charge is -2.17. The lowest BCUT2D eigenvalue weighted by Crippen LogP contribution is -2.29. The normalized spacial score (nSPS) is 13.7. The Hall–Kier alpha value is -2.63. The second kappa shape index (κ2) is 8.65. The molecule has 2 heterocycles. The molecule has 2 N–H and O–H groups in total. The molecule has 0 unspecified atom stereocenters. The summed E-state index contributed by atoms with van der Waals surface area (Å²) in [4.78, 5) is 23.4. The monoisotopic (exact) mass is 353 g/mol. The summed E-state index contributed by atoms with van der Waals surface area (Å²) in [7, 11) is 0. The van der Waals surface area contributed by atoms with Gasteiger partial charge in [-0.1, -0.05) is 19.1 Å². The molecule has 2 aromatic rings. The van der Waals surface area contributed by atoms with E-state index in [2.05, 4.69) is 32.4 Å². The molecule has 138 valence electrons. The quantitative estimate of drug-likeness (QED) is 0.749. The van der Waals surface area contributed by atoms with Crippen LogP contribution in [-0.2, 0) is 6.42 Å². The van der Waals surface area contributed by atoms with Crippen LogP contribution >= 0.6 is 0 Å². The van der Waals surface area contributed by atoms with Crippen LogP contribution in [0.4, 0.5) is 11.6 Å². The first-order chi connectivity index (χ1) is 12.7. The van der Waals surface area contributed by atoms with E-state index in [0.717, 1.165) is 37.0 Å². The standard InChI is InChI=1S/C20H27N5O/c1-3-16-6-8-17(9-7-16)20(26)22-11-10-21-18-14-19(24-15(2)23-18)25-12-4-5-13-25/h6-9,14H,3-5,10-13H2,1-2H3,(H,22,26)(H,21,23,24). The summed E-state index contributed by atoms with van der Waals surface area (Å²) in [6, 6.07) is 9.73. The highest BCUT2D eigenvalue weighted by molar-refractivity contribution is 5.94. The van der Waals surface area contributed by atoms with Crippen LogP contribution in [0.2, 0.25) is 0 Å². The first-order valence-electron chi connectivity index (χ1n) is 9.37. The van der Waals surface area contributed by atoms with Crippen molar-refractivity contribution in [3.8, 4) is 0 Å². The van der Waals surface area contributed by atoms with Crippen molar-refractivity contribution in [2.45, 2.75) is 33.1 Å². The summed E-state index contributed by atoms with van der Waals surface area (Å²) < 4.78 is 0. The summed E-state index contributed by atoms with van der Waals surface area (Å²) in [5, 5.41) is 6.22. The molecule has 1 amide bonds. The molecular weight excluding hydrogens is 326 g/mol. The maximum Gasteiger partial charge on any atom is 0.251 e. The molecule has 3 rings (SSSR count). The van der Waals surface area contributed by atoms with Gasteiger partial charge in [0, 0.05) is 37.8 Å². The van der Waals surface area contributed by atoms with E-state index in [-0.39, 0.29) is 5.91 Å². The van der Waals surface area contributed by atoms with Gasteiger partial charge in [-0.25, -0.2) is 9.97 Å². The molecule has 6 heteroatoms. The molecule has 0 saturated carbocycles. The van der Waals surface area contributed by atoms with E-state index >= 15 is 0 Å². The van der Waals surface area contributed by atoms with Crippen LogP contribution in [0.3, 0.4) is 0 Å². The zero-order valence-corrected chi connectivity index (χ0v) is 15.6. The molecule has 0 atom stereocenters. The van der Waals surface area contributed by atoms with Crippen LogP contribution in [0.5, 0.6) is 0 Å². The van der Waals surface area contributed by atoms with E-state index in [1.54, 1.807) is 0 Å². The van der Waals surface area contributed by atoms with Crippen LogP contribution in [0, 0.1) is 6.92 Å². The molecule has 0 aliphatic carbocycles. The smallest absolute Gasteiger partial charge is 0.251 e. The van der Waals surface area contributed by atoms with Gasteiger partial charge in [0.05, 0.1) is 0 Å². The molecule has 1 aromatic carbocycles. The van der Waals surface area contributed by atoms with E-state index in [0.29, 0.717) is 18.7 Å². The number of carbonyl (C=O) groups excluding carboxylic acids is 1. The third-order valence-electron chi connectivity index (χ3n) is 4.60. The van der Waals surface area contributed by atoms with Crippen molar-refractivity contribution in [1.29, 1.82) is 0 Å². The second-order valence-corrected chi connectivity index (χ2v) is 6.59. The number of aryl methyl sites for hydroxylation is 2. The van der Waals surface area contributed by atoms with Crippen molar-refractivity contribution in [2.24, 2.45) is 0 Å². The van der Waals surface area contributed by atoms with Gasteiger partial charge in [0.25, 0.3) is 5.91 Å². The predicted octanol–water partition coefficient (Wildman–Crippen LogP) is 2.79. The fraction of sp³-hybridized carbons (Fsp3) is 0.450. The third kappa shape index (κ3) is 4.71. The van der Waals surface area contributed by atoms with Gasteiger partial charge in [0.2, 0.25) is 0 Å². The van der Waals surface area contributed by atoms with Gasteiger partial charge in [-0.2, -0.15) is 0 Å². The maximum atomic E-state index is 12.2. The minimum atomic E-state index is -0.0499. The Morgan fingerprint density at radius 3 is 2.54 bits per heavy atom. The van der Waals surface area contributed by atoms with E-state index in [4.69, 9.17) is 0 Å². The lowest BCUT2D eigenvalue weighted by atomic mass is 10.1. The first kappa shape index (κ1) is 18.2. The predicted molar refractivity (Wildman–Crippen MR) is 105 cm³/mol. The van der Waals surface area contributed by atoms with Crippen molar-refractivity contribution in [1.82, 2.24) is 15.3 Å². The minimum absolute atomic E-state index is 0.0499. The fourth-order valence-electron chi connectivity index (χ4n) is 3.11. The number of nitrogens with zero attached hydrogens (tertiary/aromatic N) is 3. The average Bonchev–Trinajstić information content (AvgIpc) is 3.19. The van der Waals surface area contributed by atoms with Crippen molar-refractivity contribution < 1.29 is 4.79 Å². The summed E-state index contributed by atoms with van der Waals surface area (Å²) in [5.74, 6) is 2.50. The largest absolute Gasteiger partial charge is 0.368 e. The molecule has 1 fully saturated rings. The molecule has 0 bridgehead atoms. The van der Waals surface area contributed by atoms with Crippen LogP contribution < -0.4 is 15.5 Å². The molecule has 1 aromatic heterocycles. The Balaban J connectivity index is 1.49. The van der Waals surface area contributed by atoms with Gasteiger partial charge in [0.1, 0.15) is 17.5 Å². The van der Waals surface area contributed by atoms with Crippen LogP contribution in [0.1, 0.15) is 41.5 Å². The zero-order chi connectivity index (χ0) is 18.4. The molecule has 26 heavy (non-hydrogen) atoms. The number of benzene rings is 1. The SMILES string of the molecule is CCc1ccc(C(=O)NCCNc2cc(N3CCCC3)nc(C)n2)cc1. The lowest BCUT2D eigenvalue weighted by molar-refractivity contribution is 0.0955. The van der Waals surface area contributed by atoms with Crippen molar-refractivity contribution in [3.05, 3.63) is 47.3 Å². The number of hydrogen-bond acceptors (Lipinski definition) is 5. The Morgan fingerprint density at radius 1 is 1.12 bits per heavy atom. The third-order valence-corrected chi connectivity index (χ3v) is 4.60. The van der Waals surface area contributed by atoms with E-state index in [1.807, 2.05) is 37.3 Å². The van der Waals surface area contributed by atoms with Crippen molar-refractivity contribution >= 4 is 17.5 Å². The number of nitrogens with one attached hydrogen (secondary N) is 2. The van der Waals surface area contributed by atoms with Gasteiger partial charge in [-0.3, -0.25) is 4.79 Å². The number of rotatable bonds is 7. The number of anilines is 2. The van der Waals surface area contributed by atoms with Gasteiger partial charge in [0.15, 0.2) is 0 Å². The van der Waals surface area contributed by atoms with E-state index in [9.17, 15) is 4.79 Å². The molecule has 0 radical (unpaired) electrons. The Kier molecular flexibility index (Phi) is 6.04. The summed E-state index contributed by atoms with van der Waals surface area (Å²) in [6.07, 6.45) is 3.41. The first-order valence-corrected chi connectivity index (χ1v) is 9.37. The maximum absolute atomic E-state index is 12.2. The Bertz CT molecular complexity index is 738. The zero-order valence-electron chi connectivity index (χ0n) is 15.6.